The summed E-state index contributed by atoms with van der Waals surface area (Å²) in [5.41, 5.74) is 7.33. The summed E-state index contributed by atoms with van der Waals surface area (Å²) in [4.78, 5) is 11.0. The molecule has 0 aliphatic rings. The summed E-state index contributed by atoms with van der Waals surface area (Å²) >= 11 is 0. The second-order valence-electron chi connectivity index (χ2n) is 3.32. The third kappa shape index (κ3) is 2.49. The summed E-state index contributed by atoms with van der Waals surface area (Å²) in [5.74, 6) is -0.309. The highest BCUT2D eigenvalue weighted by atomic mass is 16.1. The van der Waals surface area contributed by atoms with Crippen LogP contribution in [0, 0.1) is 6.92 Å². The molecule has 0 saturated carbocycles. The second kappa shape index (κ2) is 4.65. The maximum absolute atomic E-state index is 11.0. The van der Waals surface area contributed by atoms with Gasteiger partial charge in [-0.15, -0.1) is 0 Å². The molecule has 0 aromatic heterocycles. The molecule has 0 fully saturated rings. The average Bonchev–Trinajstić information content (AvgIpc) is 2.16. The van der Waals surface area contributed by atoms with Gasteiger partial charge in [-0.05, 0) is 25.0 Å². The minimum Gasteiger partial charge on any atom is -0.373 e. The summed E-state index contributed by atoms with van der Waals surface area (Å²) in [6.07, 6.45) is 0.698. The Kier molecular flexibility index (Phi) is 3.51. The van der Waals surface area contributed by atoms with Gasteiger partial charge >= 0.3 is 0 Å². The van der Waals surface area contributed by atoms with Gasteiger partial charge in [-0.3, -0.25) is 4.79 Å². The third-order valence-corrected chi connectivity index (χ3v) is 2.23. The molecule has 1 rings (SSSR count). The smallest absolute Gasteiger partial charge is 0.239 e. The Morgan fingerprint density at radius 1 is 1.50 bits per heavy atom. The van der Waals surface area contributed by atoms with E-state index in [1.165, 1.54) is 0 Å². The molecule has 14 heavy (non-hydrogen) atoms. The summed E-state index contributed by atoms with van der Waals surface area (Å²) in [6, 6.07) is 7.56. The number of carbonyl (C=O) groups is 1. The Morgan fingerprint density at radius 3 is 2.64 bits per heavy atom. The van der Waals surface area contributed by atoms with Crippen molar-refractivity contribution in [2.24, 2.45) is 5.73 Å². The van der Waals surface area contributed by atoms with Gasteiger partial charge in [0.15, 0.2) is 0 Å². The number of amides is 1. The lowest BCUT2D eigenvalue weighted by Gasteiger charge is -2.16. The third-order valence-electron chi connectivity index (χ3n) is 2.23. The predicted octanol–water partition coefficient (Wildman–Crippen LogP) is 1.67. The molecular formula is C11H16N2O. The summed E-state index contributed by atoms with van der Waals surface area (Å²) in [5, 5.41) is 3.12. The Morgan fingerprint density at radius 2 is 2.14 bits per heavy atom. The lowest BCUT2D eigenvalue weighted by atomic mass is 10.1. The monoisotopic (exact) mass is 192 g/mol. The van der Waals surface area contributed by atoms with Gasteiger partial charge in [0.05, 0.1) is 0 Å². The van der Waals surface area contributed by atoms with Crippen molar-refractivity contribution in [2.45, 2.75) is 26.3 Å². The van der Waals surface area contributed by atoms with Gasteiger partial charge in [-0.25, -0.2) is 0 Å². The average molecular weight is 192 g/mol. The number of anilines is 1. The van der Waals surface area contributed by atoms with E-state index in [4.69, 9.17) is 5.73 Å². The van der Waals surface area contributed by atoms with Gasteiger partial charge in [0.1, 0.15) is 6.04 Å². The SMILES string of the molecule is CCC(Nc1ccccc1C)C(N)=O. The zero-order valence-electron chi connectivity index (χ0n) is 8.58. The van der Waals surface area contributed by atoms with Gasteiger partial charge in [0, 0.05) is 5.69 Å². The zero-order chi connectivity index (χ0) is 10.6. The lowest BCUT2D eigenvalue weighted by Crippen LogP contribution is -2.34. The first-order chi connectivity index (χ1) is 6.65. The molecule has 3 N–H and O–H groups in total. The van der Waals surface area contributed by atoms with E-state index < -0.39 is 0 Å². The van der Waals surface area contributed by atoms with E-state index in [0.717, 1.165) is 11.3 Å². The molecule has 0 aliphatic heterocycles. The van der Waals surface area contributed by atoms with Crippen LogP contribution in [-0.4, -0.2) is 11.9 Å². The van der Waals surface area contributed by atoms with Crippen LogP contribution < -0.4 is 11.1 Å². The molecule has 0 aliphatic carbocycles. The van der Waals surface area contributed by atoms with Crippen molar-refractivity contribution >= 4 is 11.6 Å². The molecular weight excluding hydrogens is 176 g/mol. The van der Waals surface area contributed by atoms with Crippen molar-refractivity contribution in [2.75, 3.05) is 5.32 Å². The van der Waals surface area contributed by atoms with Crippen LogP contribution in [0.25, 0.3) is 0 Å². The molecule has 1 unspecified atom stereocenters. The number of primary amides is 1. The van der Waals surface area contributed by atoms with Crippen molar-refractivity contribution in [3.63, 3.8) is 0 Å². The van der Waals surface area contributed by atoms with E-state index in [2.05, 4.69) is 5.32 Å². The van der Waals surface area contributed by atoms with Gasteiger partial charge in [-0.1, -0.05) is 25.1 Å². The molecule has 1 atom stereocenters. The van der Waals surface area contributed by atoms with Crippen molar-refractivity contribution in [1.29, 1.82) is 0 Å². The largest absolute Gasteiger partial charge is 0.373 e. The number of nitrogens with one attached hydrogen (secondary N) is 1. The van der Waals surface area contributed by atoms with E-state index >= 15 is 0 Å². The van der Waals surface area contributed by atoms with E-state index in [1.54, 1.807) is 0 Å². The Balaban J connectivity index is 2.77. The molecule has 76 valence electrons. The number of para-hydroxylation sites is 1. The van der Waals surface area contributed by atoms with Crippen molar-refractivity contribution < 1.29 is 4.79 Å². The van der Waals surface area contributed by atoms with Crippen molar-refractivity contribution in [1.82, 2.24) is 0 Å². The molecule has 3 nitrogen and oxygen atoms in total. The minimum absolute atomic E-state index is 0.281. The highest BCUT2D eigenvalue weighted by molar-refractivity contribution is 5.83. The van der Waals surface area contributed by atoms with Crippen LogP contribution in [0.5, 0.6) is 0 Å². The molecule has 1 aromatic rings. The Bertz CT molecular complexity index is 323. The maximum atomic E-state index is 11.0. The normalized spacial score (nSPS) is 12.1. The van der Waals surface area contributed by atoms with Crippen molar-refractivity contribution in [3.05, 3.63) is 29.8 Å². The maximum Gasteiger partial charge on any atom is 0.239 e. The van der Waals surface area contributed by atoms with Gasteiger partial charge in [0.2, 0.25) is 5.91 Å². The van der Waals surface area contributed by atoms with Crippen LogP contribution in [0.15, 0.2) is 24.3 Å². The molecule has 0 heterocycles. The molecule has 0 radical (unpaired) electrons. The number of carbonyl (C=O) groups excluding carboxylic acids is 1. The Hall–Kier alpha value is -1.51. The number of hydrogen-bond donors (Lipinski definition) is 2. The zero-order valence-corrected chi connectivity index (χ0v) is 8.58. The standard InChI is InChI=1S/C11H16N2O/c1-3-9(11(12)14)13-10-7-5-4-6-8(10)2/h4-7,9,13H,3H2,1-2H3,(H2,12,14). The summed E-state index contributed by atoms with van der Waals surface area (Å²) in [7, 11) is 0. The molecule has 3 heteroatoms. The number of aryl methyl sites for hydroxylation is 1. The summed E-state index contributed by atoms with van der Waals surface area (Å²) in [6.45, 7) is 3.93. The summed E-state index contributed by atoms with van der Waals surface area (Å²) < 4.78 is 0. The van der Waals surface area contributed by atoms with Crippen LogP contribution in [0.1, 0.15) is 18.9 Å². The van der Waals surface area contributed by atoms with Crippen LogP contribution in [-0.2, 0) is 4.79 Å². The van der Waals surface area contributed by atoms with Gasteiger partial charge < -0.3 is 11.1 Å². The first-order valence-electron chi connectivity index (χ1n) is 4.76. The fourth-order valence-electron chi connectivity index (χ4n) is 1.30. The fraction of sp³-hybridized carbons (Fsp3) is 0.364. The minimum atomic E-state index is -0.309. The van der Waals surface area contributed by atoms with Crippen LogP contribution in [0.4, 0.5) is 5.69 Å². The molecule has 1 amide bonds. The molecule has 1 aromatic carbocycles. The quantitative estimate of drug-likeness (QED) is 0.762. The number of hydrogen-bond acceptors (Lipinski definition) is 2. The number of nitrogens with two attached hydrogens (primary N) is 1. The first-order valence-corrected chi connectivity index (χ1v) is 4.76. The van der Waals surface area contributed by atoms with Crippen LogP contribution in [0.2, 0.25) is 0 Å². The topological polar surface area (TPSA) is 55.1 Å². The Labute approximate surface area is 84.3 Å². The van der Waals surface area contributed by atoms with Gasteiger partial charge in [0.25, 0.3) is 0 Å². The highest BCUT2D eigenvalue weighted by Gasteiger charge is 2.12. The second-order valence-corrected chi connectivity index (χ2v) is 3.32. The predicted molar refractivity (Wildman–Crippen MR) is 58.1 cm³/mol. The van der Waals surface area contributed by atoms with E-state index in [0.29, 0.717) is 6.42 Å². The molecule has 0 saturated heterocycles. The van der Waals surface area contributed by atoms with E-state index in [9.17, 15) is 4.79 Å². The fourth-order valence-corrected chi connectivity index (χ4v) is 1.30. The van der Waals surface area contributed by atoms with Crippen LogP contribution >= 0.6 is 0 Å². The molecule has 0 spiro atoms. The molecule has 0 bridgehead atoms. The van der Waals surface area contributed by atoms with E-state index in [-0.39, 0.29) is 11.9 Å². The van der Waals surface area contributed by atoms with Crippen molar-refractivity contribution in [3.8, 4) is 0 Å². The van der Waals surface area contributed by atoms with Gasteiger partial charge in [-0.2, -0.15) is 0 Å². The van der Waals surface area contributed by atoms with Crippen LogP contribution in [0.3, 0.4) is 0 Å². The highest BCUT2D eigenvalue weighted by Crippen LogP contribution is 2.14. The lowest BCUT2D eigenvalue weighted by molar-refractivity contribution is -0.118. The number of rotatable bonds is 4. The first kappa shape index (κ1) is 10.6. The number of benzene rings is 1. The van der Waals surface area contributed by atoms with E-state index in [1.807, 2.05) is 38.1 Å².